The van der Waals surface area contributed by atoms with Gasteiger partial charge in [0.2, 0.25) is 5.60 Å². The van der Waals surface area contributed by atoms with Crippen LogP contribution in [-0.2, 0) is 16.0 Å². The van der Waals surface area contributed by atoms with Gasteiger partial charge < -0.3 is 9.47 Å². The van der Waals surface area contributed by atoms with Crippen LogP contribution in [0.1, 0.15) is 44.7 Å². The normalized spacial score (nSPS) is 13.3. The highest BCUT2D eigenvalue weighted by Gasteiger charge is 2.37. The van der Waals surface area contributed by atoms with E-state index in [9.17, 15) is 4.79 Å². The first-order chi connectivity index (χ1) is 13.4. The van der Waals surface area contributed by atoms with Crippen molar-refractivity contribution in [2.45, 2.75) is 45.6 Å². The average molecular weight is 376 g/mol. The van der Waals surface area contributed by atoms with E-state index in [1.165, 1.54) is 10.9 Å². The minimum absolute atomic E-state index is 0.321. The van der Waals surface area contributed by atoms with Crippen molar-refractivity contribution in [2.24, 2.45) is 0 Å². The Kier molecular flexibility index (Phi) is 6.03. The molecule has 28 heavy (non-hydrogen) atoms. The summed E-state index contributed by atoms with van der Waals surface area (Å²) in [5, 5.41) is 2.32. The number of fused-ring (bicyclic) bond motifs is 1. The fourth-order valence-electron chi connectivity index (χ4n) is 3.35. The van der Waals surface area contributed by atoms with Crippen LogP contribution in [0.25, 0.3) is 10.8 Å². The van der Waals surface area contributed by atoms with Gasteiger partial charge in [-0.2, -0.15) is 0 Å². The van der Waals surface area contributed by atoms with Gasteiger partial charge in [0.25, 0.3) is 0 Å². The molecule has 3 rings (SSSR count). The van der Waals surface area contributed by atoms with Crippen molar-refractivity contribution in [2.75, 3.05) is 6.61 Å². The summed E-state index contributed by atoms with van der Waals surface area (Å²) in [6.45, 7) is 8.24. The monoisotopic (exact) mass is 376 g/mol. The molecule has 0 aliphatic heterocycles. The zero-order valence-electron chi connectivity index (χ0n) is 17.1. The van der Waals surface area contributed by atoms with Crippen molar-refractivity contribution in [1.82, 2.24) is 0 Å². The van der Waals surface area contributed by atoms with Gasteiger partial charge in [-0.05, 0) is 53.8 Å². The maximum Gasteiger partial charge on any atom is 0.350 e. The van der Waals surface area contributed by atoms with E-state index in [4.69, 9.17) is 9.47 Å². The molecule has 146 valence electrons. The Morgan fingerprint density at radius 3 is 2.29 bits per heavy atom. The van der Waals surface area contributed by atoms with Gasteiger partial charge >= 0.3 is 5.97 Å². The summed E-state index contributed by atoms with van der Waals surface area (Å²) >= 11 is 0. The minimum atomic E-state index is -1.10. The molecule has 0 heterocycles. The number of rotatable bonds is 7. The van der Waals surface area contributed by atoms with E-state index < -0.39 is 5.60 Å². The Bertz CT molecular complexity index is 943. The summed E-state index contributed by atoms with van der Waals surface area (Å²) in [5.74, 6) is 0.764. The second-order valence-electron chi connectivity index (χ2n) is 7.64. The molecule has 0 saturated heterocycles. The van der Waals surface area contributed by atoms with Crippen LogP contribution in [0.15, 0.2) is 66.7 Å². The molecule has 3 nitrogen and oxygen atoms in total. The van der Waals surface area contributed by atoms with Crippen molar-refractivity contribution in [1.29, 1.82) is 0 Å². The molecule has 3 heteroatoms. The summed E-state index contributed by atoms with van der Waals surface area (Å²) in [4.78, 5) is 12.8. The lowest BCUT2D eigenvalue weighted by Gasteiger charge is -2.29. The van der Waals surface area contributed by atoms with Gasteiger partial charge in [-0.15, -0.1) is 0 Å². The lowest BCUT2D eigenvalue weighted by Crippen LogP contribution is -2.45. The third-order valence-electron chi connectivity index (χ3n) is 4.95. The number of ether oxygens (including phenoxy) is 2. The lowest BCUT2D eigenvalue weighted by molar-refractivity contribution is -0.160. The molecule has 1 atom stereocenters. The minimum Gasteiger partial charge on any atom is -0.476 e. The number of carbonyl (C=O) groups is 1. The third kappa shape index (κ3) is 4.53. The molecule has 1 unspecified atom stereocenters. The fourth-order valence-corrected chi connectivity index (χ4v) is 3.35. The van der Waals surface area contributed by atoms with E-state index >= 15 is 0 Å². The molecule has 0 amide bonds. The molecule has 3 aromatic rings. The Balaban J connectivity index is 1.88. The second kappa shape index (κ2) is 8.47. The molecule has 0 saturated carbocycles. The maximum atomic E-state index is 12.8. The highest BCUT2D eigenvalue weighted by Crippen LogP contribution is 2.27. The largest absolute Gasteiger partial charge is 0.476 e. The van der Waals surface area contributed by atoms with E-state index in [-0.39, 0.29) is 5.97 Å². The fraction of sp³-hybridized carbons (Fsp3) is 0.320. The van der Waals surface area contributed by atoms with E-state index in [2.05, 4.69) is 38.1 Å². The summed E-state index contributed by atoms with van der Waals surface area (Å²) in [6, 6.07) is 22.4. The third-order valence-corrected chi connectivity index (χ3v) is 4.95. The second-order valence-corrected chi connectivity index (χ2v) is 7.64. The number of hydrogen-bond donors (Lipinski definition) is 0. The molecule has 0 bridgehead atoms. The molecule has 3 aromatic carbocycles. The average Bonchev–Trinajstić information content (AvgIpc) is 2.68. The molecule has 0 aromatic heterocycles. The molecule has 0 aliphatic carbocycles. The highest BCUT2D eigenvalue weighted by atomic mass is 16.6. The number of hydrogen-bond acceptors (Lipinski definition) is 3. The van der Waals surface area contributed by atoms with E-state index in [1.54, 1.807) is 6.92 Å². The van der Waals surface area contributed by atoms with Crippen molar-refractivity contribution >= 4 is 16.7 Å². The number of esters is 1. The van der Waals surface area contributed by atoms with Gasteiger partial charge in [0.15, 0.2) is 0 Å². The molecular weight excluding hydrogens is 348 g/mol. The molecule has 0 N–H and O–H groups in total. The van der Waals surface area contributed by atoms with E-state index in [0.717, 1.165) is 10.9 Å². The zero-order chi connectivity index (χ0) is 20.1. The van der Waals surface area contributed by atoms with E-state index in [1.807, 2.05) is 49.4 Å². The van der Waals surface area contributed by atoms with Crippen LogP contribution in [0.4, 0.5) is 0 Å². The van der Waals surface area contributed by atoms with Crippen LogP contribution >= 0.6 is 0 Å². The van der Waals surface area contributed by atoms with Crippen molar-refractivity contribution in [3.05, 3.63) is 77.9 Å². The smallest absolute Gasteiger partial charge is 0.350 e. The van der Waals surface area contributed by atoms with Crippen molar-refractivity contribution in [3.63, 3.8) is 0 Å². The van der Waals surface area contributed by atoms with Crippen LogP contribution in [-0.4, -0.2) is 18.2 Å². The Morgan fingerprint density at radius 2 is 1.64 bits per heavy atom. The van der Waals surface area contributed by atoms with Gasteiger partial charge in [-0.3, -0.25) is 0 Å². The summed E-state index contributed by atoms with van der Waals surface area (Å²) in [5.41, 5.74) is 1.17. The molecule has 0 spiro atoms. The quantitative estimate of drug-likeness (QED) is 0.481. The van der Waals surface area contributed by atoms with Gasteiger partial charge in [0.1, 0.15) is 5.75 Å². The topological polar surface area (TPSA) is 35.5 Å². The van der Waals surface area contributed by atoms with Crippen molar-refractivity contribution < 1.29 is 14.3 Å². The van der Waals surface area contributed by atoms with Gasteiger partial charge in [0.05, 0.1) is 6.61 Å². The van der Waals surface area contributed by atoms with Crippen LogP contribution in [0.3, 0.4) is 0 Å². The summed E-state index contributed by atoms with van der Waals surface area (Å²) in [7, 11) is 0. The predicted octanol–water partition coefficient (Wildman–Crippen LogP) is 5.91. The van der Waals surface area contributed by atoms with Crippen LogP contribution in [0, 0.1) is 0 Å². The predicted molar refractivity (Wildman–Crippen MR) is 114 cm³/mol. The molecular formula is C25H28O3. The Hall–Kier alpha value is -2.81. The van der Waals surface area contributed by atoms with Crippen LogP contribution in [0.5, 0.6) is 5.75 Å². The van der Waals surface area contributed by atoms with Gasteiger partial charge in [-0.1, -0.05) is 68.4 Å². The highest BCUT2D eigenvalue weighted by molar-refractivity contribution is 5.84. The van der Waals surface area contributed by atoms with Crippen LogP contribution in [0.2, 0.25) is 0 Å². The SMILES string of the molecule is CCOC(=O)C(C)(Cc1ccc2ccccc2c1)Oc1ccc(C(C)C)cc1. The Morgan fingerprint density at radius 1 is 0.964 bits per heavy atom. The molecule has 0 fully saturated rings. The van der Waals surface area contributed by atoms with Gasteiger partial charge in [-0.25, -0.2) is 4.79 Å². The zero-order valence-corrected chi connectivity index (χ0v) is 17.1. The first-order valence-corrected chi connectivity index (χ1v) is 9.85. The lowest BCUT2D eigenvalue weighted by atomic mass is 9.94. The van der Waals surface area contributed by atoms with Crippen molar-refractivity contribution in [3.8, 4) is 5.75 Å². The summed E-state index contributed by atoms with van der Waals surface area (Å²) in [6.07, 6.45) is 0.433. The first kappa shape index (κ1) is 19.9. The molecule has 0 radical (unpaired) electrons. The standard InChI is InChI=1S/C25H28O3/c1-5-27-24(26)25(4,28-23-14-12-20(13-15-23)18(2)3)17-19-10-11-21-8-6-7-9-22(21)16-19/h6-16,18H,5,17H2,1-4H3. The Labute approximate surface area is 167 Å². The summed E-state index contributed by atoms with van der Waals surface area (Å²) < 4.78 is 11.5. The first-order valence-electron chi connectivity index (χ1n) is 9.85. The molecule has 0 aliphatic rings. The number of benzene rings is 3. The van der Waals surface area contributed by atoms with E-state index in [0.29, 0.717) is 24.7 Å². The number of carbonyl (C=O) groups excluding carboxylic acids is 1. The maximum absolute atomic E-state index is 12.8. The van der Waals surface area contributed by atoms with Crippen LogP contribution < -0.4 is 4.74 Å². The van der Waals surface area contributed by atoms with Gasteiger partial charge in [0, 0.05) is 6.42 Å².